The van der Waals surface area contributed by atoms with Gasteiger partial charge in [-0.3, -0.25) is 4.79 Å². The van der Waals surface area contributed by atoms with Crippen molar-refractivity contribution >= 4 is 17.5 Å². The third kappa shape index (κ3) is 5.05. The van der Waals surface area contributed by atoms with Crippen molar-refractivity contribution in [1.82, 2.24) is 0 Å². The second kappa shape index (κ2) is 6.57. The summed E-state index contributed by atoms with van der Waals surface area (Å²) in [5.74, 6) is 4.31. The van der Waals surface area contributed by atoms with Crippen molar-refractivity contribution in [1.29, 1.82) is 0 Å². The molecule has 0 bridgehead atoms. The van der Waals surface area contributed by atoms with E-state index >= 15 is 0 Å². The van der Waals surface area contributed by atoms with Crippen LogP contribution in [-0.2, 0) is 4.79 Å². The summed E-state index contributed by atoms with van der Waals surface area (Å²) < 4.78 is 0. The first-order valence-electron chi connectivity index (χ1n) is 6.20. The Hall–Kier alpha value is 0.0200. The van der Waals surface area contributed by atoms with Gasteiger partial charge in [0.15, 0.2) is 0 Å². The quantitative estimate of drug-likeness (QED) is 0.712. The van der Waals surface area contributed by atoms with Gasteiger partial charge in [0.25, 0.3) is 0 Å². The van der Waals surface area contributed by atoms with Crippen LogP contribution in [0.4, 0.5) is 0 Å². The summed E-state index contributed by atoms with van der Waals surface area (Å²) in [7, 11) is 0. The molecular weight excluding hydrogens is 204 g/mol. The number of thioether (sulfide) groups is 1. The van der Waals surface area contributed by atoms with Gasteiger partial charge in [0.05, 0.1) is 5.75 Å². The average Bonchev–Trinajstić information content (AvgIpc) is 2.18. The number of carbonyl (C=O) groups is 1. The highest BCUT2D eigenvalue weighted by Gasteiger charge is 2.23. The SMILES string of the molecule is CC(C)CSCC(=O)C1CCC(C)CC1. The van der Waals surface area contributed by atoms with Gasteiger partial charge < -0.3 is 0 Å². The first-order valence-corrected chi connectivity index (χ1v) is 7.35. The van der Waals surface area contributed by atoms with Crippen LogP contribution in [0.1, 0.15) is 46.5 Å². The molecule has 0 aromatic carbocycles. The fourth-order valence-electron chi connectivity index (χ4n) is 2.10. The first kappa shape index (κ1) is 13.1. The predicted molar refractivity (Wildman–Crippen MR) is 68.3 cm³/mol. The van der Waals surface area contributed by atoms with Crippen LogP contribution in [0.2, 0.25) is 0 Å². The molecule has 1 aliphatic carbocycles. The molecule has 1 rings (SSSR count). The molecule has 0 heterocycles. The zero-order chi connectivity index (χ0) is 11.3. The molecule has 1 nitrogen and oxygen atoms in total. The number of hydrogen-bond donors (Lipinski definition) is 0. The maximum Gasteiger partial charge on any atom is 0.145 e. The van der Waals surface area contributed by atoms with Crippen LogP contribution in [0.3, 0.4) is 0 Å². The molecule has 0 spiro atoms. The van der Waals surface area contributed by atoms with E-state index in [4.69, 9.17) is 0 Å². The molecule has 0 N–H and O–H groups in total. The zero-order valence-electron chi connectivity index (χ0n) is 10.3. The monoisotopic (exact) mass is 228 g/mol. The Morgan fingerprint density at radius 3 is 2.40 bits per heavy atom. The summed E-state index contributed by atoms with van der Waals surface area (Å²) in [5.41, 5.74) is 0. The summed E-state index contributed by atoms with van der Waals surface area (Å²) in [4.78, 5) is 11.9. The molecular formula is C13H24OS. The lowest BCUT2D eigenvalue weighted by Crippen LogP contribution is -2.22. The van der Waals surface area contributed by atoms with Gasteiger partial charge in [-0.2, -0.15) is 11.8 Å². The largest absolute Gasteiger partial charge is 0.298 e. The highest BCUT2D eigenvalue weighted by molar-refractivity contribution is 7.99. The molecule has 1 aliphatic rings. The molecule has 0 atom stereocenters. The van der Waals surface area contributed by atoms with Crippen LogP contribution >= 0.6 is 11.8 Å². The Kier molecular flexibility index (Phi) is 5.73. The second-order valence-electron chi connectivity index (χ2n) is 5.33. The normalized spacial score (nSPS) is 26.9. The van der Waals surface area contributed by atoms with E-state index in [0.717, 1.165) is 30.3 Å². The van der Waals surface area contributed by atoms with E-state index in [-0.39, 0.29) is 0 Å². The summed E-state index contributed by atoms with van der Waals surface area (Å²) in [6.07, 6.45) is 4.79. The molecule has 0 unspecified atom stereocenters. The average molecular weight is 228 g/mol. The molecule has 2 heteroatoms. The minimum Gasteiger partial charge on any atom is -0.298 e. The maximum absolute atomic E-state index is 11.9. The van der Waals surface area contributed by atoms with Crippen LogP contribution in [0.25, 0.3) is 0 Å². The predicted octanol–water partition coefficient (Wildman–Crippen LogP) is 3.77. The molecule has 15 heavy (non-hydrogen) atoms. The minimum absolute atomic E-state index is 0.390. The summed E-state index contributed by atoms with van der Waals surface area (Å²) in [6, 6.07) is 0. The van der Waals surface area contributed by atoms with Crippen molar-refractivity contribution in [2.45, 2.75) is 46.5 Å². The van der Waals surface area contributed by atoms with Crippen LogP contribution < -0.4 is 0 Å². The highest BCUT2D eigenvalue weighted by Crippen LogP contribution is 2.29. The molecule has 0 aromatic heterocycles. The Morgan fingerprint density at radius 1 is 1.27 bits per heavy atom. The highest BCUT2D eigenvalue weighted by atomic mass is 32.2. The minimum atomic E-state index is 0.390. The third-order valence-electron chi connectivity index (χ3n) is 3.17. The molecule has 0 saturated heterocycles. The maximum atomic E-state index is 11.9. The number of carbonyl (C=O) groups excluding carboxylic acids is 1. The zero-order valence-corrected chi connectivity index (χ0v) is 11.1. The van der Waals surface area contributed by atoms with Gasteiger partial charge in [-0.05, 0) is 30.4 Å². The van der Waals surface area contributed by atoms with Crippen molar-refractivity contribution in [3.8, 4) is 0 Å². The van der Waals surface area contributed by atoms with Crippen molar-refractivity contribution in [2.75, 3.05) is 11.5 Å². The lowest BCUT2D eigenvalue weighted by atomic mass is 9.81. The summed E-state index contributed by atoms with van der Waals surface area (Å²) in [6.45, 7) is 6.72. The molecule has 1 fully saturated rings. The fraction of sp³-hybridized carbons (Fsp3) is 0.923. The van der Waals surface area contributed by atoms with E-state index < -0.39 is 0 Å². The number of rotatable bonds is 5. The van der Waals surface area contributed by atoms with Crippen LogP contribution in [-0.4, -0.2) is 17.3 Å². The van der Waals surface area contributed by atoms with E-state index in [0.29, 0.717) is 17.6 Å². The lowest BCUT2D eigenvalue weighted by molar-refractivity contribution is -0.121. The summed E-state index contributed by atoms with van der Waals surface area (Å²) >= 11 is 1.81. The van der Waals surface area contributed by atoms with Gasteiger partial charge in [-0.15, -0.1) is 0 Å². The Bertz CT molecular complexity index is 193. The smallest absolute Gasteiger partial charge is 0.145 e. The number of ketones is 1. The molecule has 0 aliphatic heterocycles. The lowest BCUT2D eigenvalue weighted by Gasteiger charge is -2.24. The van der Waals surface area contributed by atoms with Gasteiger partial charge in [-0.1, -0.05) is 33.6 Å². The van der Waals surface area contributed by atoms with E-state index in [2.05, 4.69) is 20.8 Å². The van der Waals surface area contributed by atoms with Crippen molar-refractivity contribution in [3.63, 3.8) is 0 Å². The molecule has 0 amide bonds. The van der Waals surface area contributed by atoms with Crippen LogP contribution in [0.15, 0.2) is 0 Å². The van der Waals surface area contributed by atoms with Gasteiger partial charge in [0.1, 0.15) is 5.78 Å². The van der Waals surface area contributed by atoms with Gasteiger partial charge in [-0.25, -0.2) is 0 Å². The van der Waals surface area contributed by atoms with Gasteiger partial charge >= 0.3 is 0 Å². The number of hydrogen-bond acceptors (Lipinski definition) is 2. The Morgan fingerprint density at radius 2 is 1.87 bits per heavy atom. The van der Waals surface area contributed by atoms with E-state index in [1.165, 1.54) is 12.8 Å². The molecule has 0 radical (unpaired) electrons. The molecule has 1 saturated carbocycles. The van der Waals surface area contributed by atoms with Crippen molar-refractivity contribution in [2.24, 2.45) is 17.8 Å². The van der Waals surface area contributed by atoms with E-state index in [1.54, 1.807) is 0 Å². The summed E-state index contributed by atoms with van der Waals surface area (Å²) in [5, 5.41) is 0. The second-order valence-corrected chi connectivity index (χ2v) is 6.36. The standard InChI is InChI=1S/C13H24OS/c1-10(2)8-15-9-13(14)12-6-4-11(3)5-7-12/h10-12H,4-9H2,1-3H3. The van der Waals surface area contributed by atoms with Crippen LogP contribution in [0.5, 0.6) is 0 Å². The van der Waals surface area contributed by atoms with Crippen molar-refractivity contribution in [3.05, 3.63) is 0 Å². The van der Waals surface area contributed by atoms with Crippen molar-refractivity contribution < 1.29 is 4.79 Å². The first-order chi connectivity index (χ1) is 7.09. The van der Waals surface area contributed by atoms with E-state index in [1.807, 2.05) is 11.8 Å². The topological polar surface area (TPSA) is 17.1 Å². The van der Waals surface area contributed by atoms with E-state index in [9.17, 15) is 4.79 Å². The van der Waals surface area contributed by atoms with Gasteiger partial charge in [0, 0.05) is 5.92 Å². The molecule has 88 valence electrons. The Balaban J connectivity index is 2.17. The Labute approximate surface area is 98.4 Å². The van der Waals surface area contributed by atoms with Gasteiger partial charge in [0.2, 0.25) is 0 Å². The van der Waals surface area contributed by atoms with Crippen LogP contribution in [0, 0.1) is 17.8 Å². The third-order valence-corrected chi connectivity index (χ3v) is 4.56. The molecule has 0 aromatic rings. The fourth-order valence-corrected chi connectivity index (χ4v) is 3.12. The number of Topliss-reactive ketones (excluding diaryl/α,β-unsaturated/α-hetero) is 1.